The van der Waals surface area contributed by atoms with Crippen LogP contribution in [0.1, 0.15) is 49.8 Å². The molecule has 0 aliphatic carbocycles. The van der Waals surface area contributed by atoms with Crippen LogP contribution in [-0.2, 0) is 10.2 Å². The maximum atomic E-state index is 13.6. The summed E-state index contributed by atoms with van der Waals surface area (Å²) in [6, 6.07) is 24.6. The van der Waals surface area contributed by atoms with E-state index in [4.69, 9.17) is 10.5 Å². The highest BCUT2D eigenvalue weighted by atomic mass is 19.1. The molecular weight excluding hydrogens is 439 g/mol. The van der Waals surface area contributed by atoms with Crippen LogP contribution < -0.4 is 10.5 Å². The molecule has 0 unspecified atom stereocenters. The number of rotatable bonds is 9. The van der Waals surface area contributed by atoms with E-state index < -0.39 is 5.41 Å². The quantitative estimate of drug-likeness (QED) is 0.438. The van der Waals surface area contributed by atoms with Crippen LogP contribution in [0.15, 0.2) is 78.9 Å². The van der Waals surface area contributed by atoms with Crippen molar-refractivity contribution in [3.8, 4) is 5.75 Å². The van der Waals surface area contributed by atoms with Gasteiger partial charge >= 0.3 is 0 Å². The van der Waals surface area contributed by atoms with Gasteiger partial charge in [0.25, 0.3) is 0 Å². The predicted octanol–water partition coefficient (Wildman–Crippen LogP) is 5.62. The van der Waals surface area contributed by atoms with Crippen molar-refractivity contribution in [2.45, 2.75) is 57.1 Å². The second kappa shape index (κ2) is 10.2. The molecule has 0 bridgehead atoms. The van der Waals surface area contributed by atoms with Crippen molar-refractivity contribution in [1.29, 1.82) is 0 Å². The Labute approximate surface area is 207 Å². The Hall–Kier alpha value is -3.18. The monoisotopic (exact) mass is 474 g/mol. The van der Waals surface area contributed by atoms with E-state index in [1.807, 2.05) is 60.7 Å². The minimum Gasteiger partial charge on any atom is -0.489 e. The van der Waals surface area contributed by atoms with Crippen molar-refractivity contribution in [3.63, 3.8) is 0 Å². The van der Waals surface area contributed by atoms with Gasteiger partial charge in [0.1, 0.15) is 17.7 Å². The summed E-state index contributed by atoms with van der Waals surface area (Å²) >= 11 is 0. The van der Waals surface area contributed by atoms with E-state index >= 15 is 0 Å². The van der Waals surface area contributed by atoms with Crippen molar-refractivity contribution in [3.05, 3.63) is 101 Å². The maximum Gasteiger partial charge on any atom is 0.232 e. The number of nitrogens with zero attached hydrogens (tertiary/aromatic N) is 1. The lowest BCUT2D eigenvalue weighted by Crippen LogP contribution is -2.47. The second-order valence-corrected chi connectivity index (χ2v) is 10.2. The van der Waals surface area contributed by atoms with Gasteiger partial charge in [-0.15, -0.1) is 0 Å². The van der Waals surface area contributed by atoms with Crippen LogP contribution in [0.3, 0.4) is 0 Å². The second-order valence-electron chi connectivity index (χ2n) is 10.2. The van der Waals surface area contributed by atoms with Crippen LogP contribution in [0.25, 0.3) is 0 Å². The van der Waals surface area contributed by atoms with Crippen molar-refractivity contribution < 1.29 is 13.9 Å². The van der Waals surface area contributed by atoms with Gasteiger partial charge in [0.2, 0.25) is 5.91 Å². The molecule has 0 saturated carbocycles. The Balaban J connectivity index is 1.51. The number of aryl methyl sites for hydroxylation is 1. The summed E-state index contributed by atoms with van der Waals surface area (Å²) < 4.78 is 19.8. The van der Waals surface area contributed by atoms with Crippen LogP contribution in [0, 0.1) is 12.7 Å². The molecule has 0 aromatic heterocycles. The largest absolute Gasteiger partial charge is 0.489 e. The van der Waals surface area contributed by atoms with Gasteiger partial charge in [-0.1, -0.05) is 60.7 Å². The van der Waals surface area contributed by atoms with Crippen LogP contribution in [-0.4, -0.2) is 35.5 Å². The van der Waals surface area contributed by atoms with E-state index in [0.29, 0.717) is 17.7 Å². The molecule has 1 saturated heterocycles. The Morgan fingerprint density at radius 3 is 2.14 bits per heavy atom. The zero-order chi connectivity index (χ0) is 25.1. The molecule has 1 atom stereocenters. The Bertz CT molecular complexity index is 1110. The Morgan fingerprint density at radius 1 is 1.00 bits per heavy atom. The lowest BCUT2D eigenvalue weighted by Gasteiger charge is -2.40. The van der Waals surface area contributed by atoms with E-state index in [-0.39, 0.29) is 23.4 Å². The van der Waals surface area contributed by atoms with E-state index in [2.05, 4.69) is 18.7 Å². The fourth-order valence-corrected chi connectivity index (χ4v) is 5.22. The zero-order valence-electron chi connectivity index (χ0n) is 20.8. The molecule has 4 nitrogen and oxygen atoms in total. The molecule has 184 valence electrons. The summed E-state index contributed by atoms with van der Waals surface area (Å²) in [6.07, 6.45) is 2.33. The van der Waals surface area contributed by atoms with Crippen LogP contribution in [0.2, 0.25) is 0 Å². The molecular formula is C30H35FN2O2. The highest BCUT2D eigenvalue weighted by Crippen LogP contribution is 2.40. The van der Waals surface area contributed by atoms with Gasteiger partial charge in [0.05, 0.1) is 5.41 Å². The van der Waals surface area contributed by atoms with Gasteiger partial charge in [0, 0.05) is 18.6 Å². The molecule has 4 rings (SSSR count). The third-order valence-corrected chi connectivity index (χ3v) is 7.50. The fraction of sp³-hybridized carbons (Fsp3) is 0.367. The molecule has 1 fully saturated rings. The van der Waals surface area contributed by atoms with Gasteiger partial charge < -0.3 is 10.5 Å². The van der Waals surface area contributed by atoms with E-state index in [1.165, 1.54) is 6.07 Å². The van der Waals surface area contributed by atoms with Crippen molar-refractivity contribution in [2.75, 3.05) is 13.1 Å². The summed E-state index contributed by atoms with van der Waals surface area (Å²) in [6.45, 7) is 7.87. The van der Waals surface area contributed by atoms with E-state index in [0.717, 1.165) is 37.1 Å². The van der Waals surface area contributed by atoms with E-state index in [1.54, 1.807) is 19.1 Å². The fourth-order valence-electron chi connectivity index (χ4n) is 5.22. The first kappa shape index (κ1) is 24.9. The number of benzene rings is 3. The highest BCUT2D eigenvalue weighted by molar-refractivity contribution is 5.90. The molecule has 1 aliphatic rings. The number of nitrogens with two attached hydrogens (primary N) is 1. The average Bonchev–Trinajstić information content (AvgIpc) is 3.33. The third-order valence-electron chi connectivity index (χ3n) is 7.50. The Kier molecular flexibility index (Phi) is 7.27. The number of hydrogen-bond donors (Lipinski definition) is 1. The van der Waals surface area contributed by atoms with Crippen molar-refractivity contribution in [2.24, 2.45) is 5.73 Å². The van der Waals surface area contributed by atoms with Crippen LogP contribution in [0.5, 0.6) is 5.75 Å². The smallest absolute Gasteiger partial charge is 0.232 e. The number of carbonyl (C=O) groups excluding carboxylic acids is 1. The number of likely N-dealkylation sites (tertiary alicyclic amines) is 1. The standard InChI is InChI=1S/C30H35FN2O2/c1-22-20-25(14-15-27(22)31)35-26-16-19-33(21-26)29(2,3)17-18-30(28(32)34,23-10-6-4-7-11-23)24-12-8-5-9-13-24/h4-15,20,26H,16-19,21H2,1-3H3,(H2,32,34)/t26-/m0/s1. The van der Waals surface area contributed by atoms with Gasteiger partial charge in [-0.3, -0.25) is 9.69 Å². The number of hydrogen-bond acceptors (Lipinski definition) is 3. The summed E-state index contributed by atoms with van der Waals surface area (Å²) in [5, 5.41) is 0. The normalized spacial score (nSPS) is 16.9. The molecule has 3 aromatic rings. The predicted molar refractivity (Wildman–Crippen MR) is 138 cm³/mol. The summed E-state index contributed by atoms with van der Waals surface area (Å²) in [5.74, 6) is 0.149. The summed E-state index contributed by atoms with van der Waals surface area (Å²) in [5.41, 5.74) is 7.51. The van der Waals surface area contributed by atoms with Crippen molar-refractivity contribution in [1.82, 2.24) is 4.90 Å². The molecule has 0 radical (unpaired) electrons. The number of amides is 1. The van der Waals surface area contributed by atoms with E-state index in [9.17, 15) is 9.18 Å². The molecule has 2 N–H and O–H groups in total. The van der Waals surface area contributed by atoms with Crippen molar-refractivity contribution >= 4 is 5.91 Å². The number of ether oxygens (including phenoxy) is 1. The first-order valence-electron chi connectivity index (χ1n) is 12.3. The average molecular weight is 475 g/mol. The van der Waals surface area contributed by atoms with Gasteiger partial charge in [0.15, 0.2) is 0 Å². The number of primary amides is 1. The highest BCUT2D eigenvalue weighted by Gasteiger charge is 2.43. The minimum absolute atomic E-state index is 0.0447. The lowest BCUT2D eigenvalue weighted by atomic mass is 9.69. The molecule has 5 heteroatoms. The molecule has 1 heterocycles. The van der Waals surface area contributed by atoms with Gasteiger partial charge in [-0.2, -0.15) is 0 Å². The summed E-state index contributed by atoms with van der Waals surface area (Å²) in [7, 11) is 0. The van der Waals surface area contributed by atoms with Gasteiger partial charge in [-0.25, -0.2) is 4.39 Å². The molecule has 3 aromatic carbocycles. The first-order chi connectivity index (χ1) is 16.7. The minimum atomic E-state index is -0.902. The molecule has 0 spiro atoms. The molecule has 1 amide bonds. The molecule has 35 heavy (non-hydrogen) atoms. The zero-order valence-corrected chi connectivity index (χ0v) is 20.8. The SMILES string of the molecule is Cc1cc(O[C@H]2CCN(C(C)(C)CCC(C(N)=O)(c3ccccc3)c3ccccc3)C2)ccc1F. The Morgan fingerprint density at radius 2 is 1.60 bits per heavy atom. The van der Waals surface area contributed by atoms with Gasteiger partial charge in [-0.05, 0) is 74.9 Å². The number of carbonyl (C=O) groups is 1. The molecule has 1 aliphatic heterocycles. The number of halogens is 1. The maximum absolute atomic E-state index is 13.6. The van der Waals surface area contributed by atoms with Crippen LogP contribution >= 0.6 is 0 Å². The summed E-state index contributed by atoms with van der Waals surface area (Å²) in [4.78, 5) is 15.6. The third kappa shape index (κ3) is 5.25. The first-order valence-corrected chi connectivity index (χ1v) is 12.3. The lowest BCUT2D eigenvalue weighted by molar-refractivity contribution is -0.122. The topological polar surface area (TPSA) is 55.6 Å². The van der Waals surface area contributed by atoms with Crippen LogP contribution in [0.4, 0.5) is 4.39 Å².